The number of hydrogen-bond acceptors (Lipinski definition) is 4. The van der Waals surface area contributed by atoms with Crippen molar-refractivity contribution in [3.63, 3.8) is 0 Å². The van der Waals surface area contributed by atoms with Crippen molar-refractivity contribution < 1.29 is 19.9 Å². The third-order valence-corrected chi connectivity index (χ3v) is 2.93. The topological polar surface area (TPSA) is 69.9 Å². The van der Waals surface area contributed by atoms with Gasteiger partial charge in [-0.2, -0.15) is 0 Å². The molecule has 0 atom stereocenters. The maximum absolute atomic E-state index is 9.97. The normalized spacial score (nSPS) is 11.3. The summed E-state index contributed by atoms with van der Waals surface area (Å²) < 4.78 is 5.85. The van der Waals surface area contributed by atoms with E-state index in [0.29, 0.717) is 0 Å². The Morgan fingerprint density at radius 1 is 1.06 bits per heavy atom. The zero-order chi connectivity index (χ0) is 14.4. The van der Waals surface area contributed by atoms with E-state index >= 15 is 0 Å². The van der Waals surface area contributed by atoms with Crippen LogP contribution in [0.5, 0.6) is 5.75 Å². The first-order valence-corrected chi connectivity index (χ1v) is 5.73. The molecule has 0 saturated heterocycles. The molecule has 1 radical (unpaired) electrons. The monoisotopic (exact) mass is 253 g/mol. The fourth-order valence-electron chi connectivity index (χ4n) is 1.07. The van der Waals surface area contributed by atoms with Crippen molar-refractivity contribution >= 4 is 7.69 Å². The van der Waals surface area contributed by atoms with Crippen LogP contribution in [0.1, 0.15) is 33.3 Å². The van der Waals surface area contributed by atoms with E-state index in [1.807, 2.05) is 45.0 Å². The summed E-state index contributed by atoms with van der Waals surface area (Å²) in [6, 6.07) is 7.82. The van der Waals surface area contributed by atoms with Crippen molar-refractivity contribution in [2.45, 2.75) is 45.8 Å². The Kier molecular flexibility index (Phi) is 6.39. The predicted molar refractivity (Wildman–Crippen MR) is 72.4 cm³/mol. The molecular formula is C13H22BO4. The molecule has 1 aromatic rings. The molecule has 0 fully saturated rings. The molecule has 0 heterocycles. The summed E-state index contributed by atoms with van der Waals surface area (Å²) in [7, 11) is 0. The third-order valence-electron chi connectivity index (χ3n) is 2.93. The van der Waals surface area contributed by atoms with Crippen LogP contribution in [0, 0.1) is 6.92 Å². The Balaban J connectivity index is 0.000000873. The van der Waals surface area contributed by atoms with Crippen molar-refractivity contribution in [1.29, 1.82) is 0 Å². The summed E-state index contributed by atoms with van der Waals surface area (Å²) in [6.45, 7) is 9.28. The van der Waals surface area contributed by atoms with Crippen LogP contribution in [0.4, 0.5) is 0 Å². The summed E-state index contributed by atoms with van der Waals surface area (Å²) in [6.07, 6.45) is 0. The molecule has 0 spiro atoms. The van der Waals surface area contributed by atoms with Gasteiger partial charge in [0, 0.05) is 0 Å². The molecule has 0 aliphatic rings. The number of rotatable bonds is 3. The number of ether oxygens (including phenoxy) is 1. The largest absolute Gasteiger partial charge is 0.485 e. The first kappa shape index (κ1) is 17.0. The number of aliphatic hydroxyl groups is 1. The van der Waals surface area contributed by atoms with Crippen LogP contribution in [0.2, 0.25) is 0 Å². The van der Waals surface area contributed by atoms with Gasteiger partial charge in [0.05, 0.1) is 5.60 Å². The van der Waals surface area contributed by atoms with Gasteiger partial charge in [-0.1, -0.05) is 18.2 Å². The Hall–Kier alpha value is -1.04. The molecule has 1 aromatic carbocycles. The van der Waals surface area contributed by atoms with E-state index < -0.39 is 11.2 Å². The zero-order valence-electron chi connectivity index (χ0n) is 11.6. The number of para-hydroxylation sites is 1. The van der Waals surface area contributed by atoms with E-state index in [1.165, 1.54) is 0 Å². The Bertz CT molecular complexity index is 358. The lowest BCUT2D eigenvalue weighted by Gasteiger charge is -2.37. The molecule has 0 bridgehead atoms. The van der Waals surface area contributed by atoms with E-state index in [1.54, 1.807) is 13.8 Å². The number of hydrogen-bond donors (Lipinski definition) is 3. The molecule has 0 aliphatic heterocycles. The summed E-state index contributed by atoms with van der Waals surface area (Å²) in [4.78, 5) is 0. The van der Waals surface area contributed by atoms with E-state index in [4.69, 9.17) is 14.8 Å². The maximum Gasteiger partial charge on any atom is 0.482 e. The smallest absolute Gasteiger partial charge is 0.482 e. The molecule has 0 aliphatic carbocycles. The molecule has 1 rings (SSSR count). The quantitative estimate of drug-likeness (QED) is 0.713. The van der Waals surface area contributed by atoms with Gasteiger partial charge in [0.15, 0.2) is 0 Å². The lowest BCUT2D eigenvalue weighted by Crippen LogP contribution is -2.49. The summed E-state index contributed by atoms with van der Waals surface area (Å²) in [5.74, 6) is 0.824. The second kappa shape index (κ2) is 6.78. The van der Waals surface area contributed by atoms with Gasteiger partial charge in [-0.15, -0.1) is 0 Å². The van der Waals surface area contributed by atoms with Crippen molar-refractivity contribution in [3.8, 4) is 5.75 Å². The minimum Gasteiger partial charge on any atom is -0.485 e. The average molecular weight is 253 g/mol. The van der Waals surface area contributed by atoms with Gasteiger partial charge in [0.25, 0.3) is 0 Å². The highest BCUT2D eigenvalue weighted by Gasteiger charge is 2.37. The molecule has 3 N–H and O–H groups in total. The summed E-state index contributed by atoms with van der Waals surface area (Å²) in [5, 5.41) is 24.0. The molecule has 5 heteroatoms. The number of aryl methyl sites for hydroxylation is 1. The van der Waals surface area contributed by atoms with E-state index in [2.05, 4.69) is 0 Å². The molecule has 18 heavy (non-hydrogen) atoms. The van der Waals surface area contributed by atoms with E-state index in [-0.39, 0.29) is 7.69 Å². The van der Waals surface area contributed by atoms with Crippen LogP contribution < -0.4 is 4.74 Å². The van der Waals surface area contributed by atoms with Crippen molar-refractivity contribution in [3.05, 3.63) is 29.8 Å². The van der Waals surface area contributed by atoms with E-state index in [0.717, 1.165) is 11.3 Å². The highest BCUT2D eigenvalue weighted by atomic mass is 16.5. The van der Waals surface area contributed by atoms with Crippen LogP contribution in [-0.2, 0) is 0 Å². The SMILES string of the molecule is Cc1ccccc1OC(C)(C)C(C)(C)O.O[B]O. The second-order valence-corrected chi connectivity index (χ2v) is 5.05. The minimum absolute atomic E-state index is 0. The Labute approximate surface area is 110 Å². The minimum atomic E-state index is -0.880. The van der Waals surface area contributed by atoms with Gasteiger partial charge in [-0.05, 0) is 46.2 Å². The second-order valence-electron chi connectivity index (χ2n) is 5.05. The molecule has 0 amide bonds. The average Bonchev–Trinajstić information content (AvgIpc) is 2.20. The molecule has 0 saturated carbocycles. The molecule has 0 unspecified atom stereocenters. The fraction of sp³-hybridized carbons (Fsp3) is 0.538. The van der Waals surface area contributed by atoms with Crippen LogP contribution in [0.15, 0.2) is 24.3 Å². The van der Waals surface area contributed by atoms with Crippen LogP contribution >= 0.6 is 0 Å². The van der Waals surface area contributed by atoms with Gasteiger partial charge in [0.2, 0.25) is 0 Å². The maximum atomic E-state index is 9.97. The van der Waals surface area contributed by atoms with Gasteiger partial charge in [-0.25, -0.2) is 0 Å². The Morgan fingerprint density at radius 3 is 1.89 bits per heavy atom. The molecule has 4 nitrogen and oxygen atoms in total. The zero-order valence-corrected chi connectivity index (χ0v) is 11.6. The van der Waals surface area contributed by atoms with Crippen LogP contribution in [0.3, 0.4) is 0 Å². The molecular weight excluding hydrogens is 231 g/mol. The number of benzene rings is 1. The molecule has 0 aromatic heterocycles. The van der Waals surface area contributed by atoms with Gasteiger partial charge in [-0.3, -0.25) is 0 Å². The lowest BCUT2D eigenvalue weighted by molar-refractivity contribution is -0.0909. The first-order chi connectivity index (χ1) is 8.15. The van der Waals surface area contributed by atoms with Gasteiger partial charge in [0.1, 0.15) is 11.4 Å². The third kappa shape index (κ3) is 5.08. The molecule has 101 valence electrons. The predicted octanol–water partition coefficient (Wildman–Crippen LogP) is 1.43. The van der Waals surface area contributed by atoms with E-state index in [9.17, 15) is 5.11 Å². The summed E-state index contributed by atoms with van der Waals surface area (Å²) >= 11 is 0. The van der Waals surface area contributed by atoms with Gasteiger partial charge < -0.3 is 19.9 Å². The summed E-state index contributed by atoms with van der Waals surface area (Å²) in [5.41, 5.74) is -0.413. The van der Waals surface area contributed by atoms with Crippen LogP contribution in [0.25, 0.3) is 0 Å². The standard InChI is InChI=1S/C13H20O2.BH2O2/c1-10-8-6-7-9-11(10)15-13(4,5)12(2,3)14;2-1-3/h6-9,14H,1-5H3;2-3H. The van der Waals surface area contributed by atoms with Crippen molar-refractivity contribution in [2.75, 3.05) is 0 Å². The first-order valence-electron chi connectivity index (χ1n) is 5.73. The van der Waals surface area contributed by atoms with Gasteiger partial charge >= 0.3 is 7.69 Å². The Morgan fingerprint density at radius 2 is 1.50 bits per heavy atom. The lowest BCUT2D eigenvalue weighted by atomic mass is 9.89. The highest BCUT2D eigenvalue weighted by molar-refractivity contribution is 6.13. The highest BCUT2D eigenvalue weighted by Crippen LogP contribution is 2.29. The fourth-order valence-corrected chi connectivity index (χ4v) is 1.07. The van der Waals surface area contributed by atoms with Crippen molar-refractivity contribution in [2.24, 2.45) is 0 Å². The van der Waals surface area contributed by atoms with Crippen molar-refractivity contribution in [1.82, 2.24) is 0 Å². The van der Waals surface area contributed by atoms with Crippen LogP contribution in [-0.4, -0.2) is 34.0 Å².